The zero-order chi connectivity index (χ0) is 33.5. The molecule has 0 amide bonds. The molecule has 51 heavy (non-hydrogen) atoms. The van der Waals surface area contributed by atoms with Crippen molar-refractivity contribution in [2.24, 2.45) is 0 Å². The van der Waals surface area contributed by atoms with Crippen molar-refractivity contribution < 1.29 is 4.42 Å². The first-order valence-corrected chi connectivity index (χ1v) is 17.8. The van der Waals surface area contributed by atoms with Gasteiger partial charge in [0.25, 0.3) is 0 Å². The lowest BCUT2D eigenvalue weighted by atomic mass is 10.0. The largest absolute Gasteiger partial charge is 0.456 e. The molecule has 7 aromatic carbocycles. The van der Waals surface area contributed by atoms with Crippen LogP contribution in [0.3, 0.4) is 0 Å². The van der Waals surface area contributed by atoms with Gasteiger partial charge in [-0.1, -0.05) is 115 Å². The molecule has 0 spiro atoms. The number of furan rings is 1. The van der Waals surface area contributed by atoms with Gasteiger partial charge in [-0.3, -0.25) is 4.57 Å². The van der Waals surface area contributed by atoms with Gasteiger partial charge in [-0.2, -0.15) is 9.97 Å². The number of benzene rings is 7. The second-order valence-electron chi connectivity index (χ2n) is 12.8. The van der Waals surface area contributed by atoms with Crippen molar-refractivity contribution in [2.75, 3.05) is 0 Å². The number of thiophene rings is 1. The number of fused-ring (bicyclic) bond motifs is 9. The van der Waals surface area contributed by atoms with Gasteiger partial charge in [0.2, 0.25) is 5.95 Å². The summed E-state index contributed by atoms with van der Waals surface area (Å²) in [6.07, 6.45) is 0. The van der Waals surface area contributed by atoms with Crippen LogP contribution < -0.4 is 0 Å². The Balaban J connectivity index is 1.11. The molecular formula is C45H26N4OS. The highest BCUT2D eigenvalue weighted by Crippen LogP contribution is 2.40. The Morgan fingerprint density at radius 1 is 0.431 bits per heavy atom. The summed E-state index contributed by atoms with van der Waals surface area (Å²) in [6.45, 7) is 0. The molecule has 0 N–H and O–H groups in total. The molecule has 5 nitrogen and oxygen atoms in total. The van der Waals surface area contributed by atoms with E-state index in [-0.39, 0.29) is 0 Å². The molecule has 6 heteroatoms. The number of nitrogens with zero attached hydrogens (tertiary/aromatic N) is 4. The highest BCUT2D eigenvalue weighted by molar-refractivity contribution is 7.25. The first-order valence-electron chi connectivity index (χ1n) is 16.9. The van der Waals surface area contributed by atoms with Gasteiger partial charge in [0, 0.05) is 52.8 Å². The lowest BCUT2D eigenvalue weighted by Gasteiger charge is -2.11. The van der Waals surface area contributed by atoms with Crippen molar-refractivity contribution in [2.45, 2.75) is 0 Å². The second kappa shape index (κ2) is 10.9. The quantitative estimate of drug-likeness (QED) is 0.187. The van der Waals surface area contributed by atoms with E-state index in [4.69, 9.17) is 19.4 Å². The maximum atomic E-state index is 6.57. The highest BCUT2D eigenvalue weighted by Gasteiger charge is 2.20. The van der Waals surface area contributed by atoms with Crippen LogP contribution >= 0.6 is 11.3 Å². The molecule has 0 aliphatic carbocycles. The summed E-state index contributed by atoms with van der Waals surface area (Å²) in [4.78, 5) is 15.4. The van der Waals surface area contributed by atoms with E-state index in [9.17, 15) is 0 Å². The zero-order valence-electron chi connectivity index (χ0n) is 27.1. The van der Waals surface area contributed by atoms with E-state index in [1.54, 1.807) is 0 Å². The minimum Gasteiger partial charge on any atom is -0.456 e. The fraction of sp³-hybridized carbons (Fsp3) is 0. The molecule has 0 bridgehead atoms. The minimum atomic E-state index is 0.569. The number of hydrogen-bond donors (Lipinski definition) is 0. The standard InChI is InChI=1S/C45H26N4OS/c1-2-11-27(12-3-1)43-46-44(48-45(47-43)49-36-17-7-4-13-30(36)31-14-5-8-18-37(31)49)35-16-10-19-38-42(35)34-24-22-28(25-39(34)50-38)29-21-23-33-32-15-6-9-20-40(32)51-41(33)26-29/h1-26H. The van der Waals surface area contributed by atoms with Crippen molar-refractivity contribution in [3.63, 3.8) is 0 Å². The number of hydrogen-bond acceptors (Lipinski definition) is 5. The monoisotopic (exact) mass is 670 g/mol. The summed E-state index contributed by atoms with van der Waals surface area (Å²) in [5.74, 6) is 1.77. The summed E-state index contributed by atoms with van der Waals surface area (Å²) < 4.78 is 11.3. The lowest BCUT2D eigenvalue weighted by molar-refractivity contribution is 0.669. The predicted molar refractivity (Wildman–Crippen MR) is 211 cm³/mol. The lowest BCUT2D eigenvalue weighted by Crippen LogP contribution is -2.06. The molecule has 0 aliphatic heterocycles. The van der Waals surface area contributed by atoms with E-state index in [2.05, 4.69) is 120 Å². The summed E-state index contributed by atoms with van der Waals surface area (Å²) in [7, 11) is 0. The number of para-hydroxylation sites is 2. The molecule has 11 aromatic rings. The fourth-order valence-corrected chi connectivity index (χ4v) is 8.68. The number of rotatable bonds is 4. The van der Waals surface area contributed by atoms with Gasteiger partial charge in [0.05, 0.1) is 11.0 Å². The summed E-state index contributed by atoms with van der Waals surface area (Å²) in [6, 6.07) is 54.9. The van der Waals surface area contributed by atoms with E-state index in [1.807, 2.05) is 53.8 Å². The molecular weight excluding hydrogens is 645 g/mol. The van der Waals surface area contributed by atoms with Crippen LogP contribution in [-0.4, -0.2) is 19.5 Å². The average molecular weight is 671 g/mol. The third kappa shape index (κ3) is 4.37. The molecule has 4 aromatic heterocycles. The Morgan fingerprint density at radius 3 is 1.88 bits per heavy atom. The molecule has 4 heterocycles. The Hall–Kier alpha value is -6.63. The minimum absolute atomic E-state index is 0.569. The smallest absolute Gasteiger partial charge is 0.238 e. The van der Waals surface area contributed by atoms with Crippen LogP contribution in [0.15, 0.2) is 162 Å². The number of aromatic nitrogens is 4. The van der Waals surface area contributed by atoms with E-state index in [1.165, 1.54) is 20.2 Å². The van der Waals surface area contributed by atoms with Gasteiger partial charge in [-0.25, -0.2) is 4.98 Å². The van der Waals surface area contributed by atoms with E-state index in [0.29, 0.717) is 17.6 Å². The molecule has 0 atom stereocenters. The molecule has 0 aliphatic rings. The van der Waals surface area contributed by atoms with E-state index in [0.717, 1.165) is 66.0 Å². The van der Waals surface area contributed by atoms with Gasteiger partial charge in [0.1, 0.15) is 11.2 Å². The Labute approximate surface area is 295 Å². The fourth-order valence-electron chi connectivity index (χ4n) is 7.54. The van der Waals surface area contributed by atoms with Crippen LogP contribution in [0.4, 0.5) is 0 Å². The van der Waals surface area contributed by atoms with Crippen LogP contribution in [0.25, 0.3) is 104 Å². The summed E-state index contributed by atoms with van der Waals surface area (Å²) in [5.41, 5.74) is 7.80. The zero-order valence-corrected chi connectivity index (χ0v) is 27.9. The van der Waals surface area contributed by atoms with Crippen LogP contribution in [-0.2, 0) is 0 Å². The highest BCUT2D eigenvalue weighted by atomic mass is 32.1. The van der Waals surface area contributed by atoms with Crippen molar-refractivity contribution in [1.29, 1.82) is 0 Å². The second-order valence-corrected chi connectivity index (χ2v) is 13.9. The average Bonchev–Trinajstić information content (AvgIpc) is 3.87. The van der Waals surface area contributed by atoms with Crippen molar-refractivity contribution in [3.8, 4) is 39.9 Å². The summed E-state index contributed by atoms with van der Waals surface area (Å²) >= 11 is 1.83. The van der Waals surface area contributed by atoms with E-state index < -0.39 is 0 Å². The first-order chi connectivity index (χ1) is 25.3. The van der Waals surface area contributed by atoms with E-state index >= 15 is 0 Å². The SMILES string of the molecule is c1ccc(-c2nc(-c3cccc4oc5cc(-c6ccc7c(c6)sc6ccccc67)ccc5c34)nc(-n3c4ccccc4c4ccccc43)n2)cc1. The third-order valence-corrected chi connectivity index (χ3v) is 11.0. The molecule has 0 unspecified atom stereocenters. The van der Waals surface area contributed by atoms with Crippen LogP contribution in [0, 0.1) is 0 Å². The van der Waals surface area contributed by atoms with Crippen LogP contribution in [0.1, 0.15) is 0 Å². The topological polar surface area (TPSA) is 56.7 Å². The van der Waals surface area contributed by atoms with Crippen molar-refractivity contribution in [3.05, 3.63) is 158 Å². The molecule has 0 saturated heterocycles. The maximum Gasteiger partial charge on any atom is 0.238 e. The van der Waals surface area contributed by atoms with Crippen LogP contribution in [0.2, 0.25) is 0 Å². The first kappa shape index (κ1) is 28.2. The van der Waals surface area contributed by atoms with Crippen molar-refractivity contribution >= 4 is 75.3 Å². The molecule has 11 rings (SSSR count). The Morgan fingerprint density at radius 2 is 1.08 bits per heavy atom. The third-order valence-electron chi connectivity index (χ3n) is 9.89. The Kier molecular flexibility index (Phi) is 6.05. The van der Waals surface area contributed by atoms with Gasteiger partial charge < -0.3 is 4.42 Å². The van der Waals surface area contributed by atoms with Crippen LogP contribution in [0.5, 0.6) is 0 Å². The predicted octanol–water partition coefficient (Wildman–Crippen LogP) is 12.2. The van der Waals surface area contributed by atoms with Crippen molar-refractivity contribution in [1.82, 2.24) is 19.5 Å². The van der Waals surface area contributed by atoms with Gasteiger partial charge in [-0.15, -0.1) is 11.3 Å². The molecule has 0 fully saturated rings. The van der Waals surface area contributed by atoms with Gasteiger partial charge in [0.15, 0.2) is 11.6 Å². The summed E-state index contributed by atoms with van der Waals surface area (Å²) in [5, 5.41) is 6.91. The molecule has 238 valence electrons. The normalized spacial score (nSPS) is 11.9. The molecule has 0 saturated carbocycles. The Bertz CT molecular complexity index is 3100. The van der Waals surface area contributed by atoms with Gasteiger partial charge >= 0.3 is 0 Å². The van der Waals surface area contributed by atoms with Gasteiger partial charge in [-0.05, 0) is 53.6 Å². The maximum absolute atomic E-state index is 6.57. The molecule has 0 radical (unpaired) electrons.